The second-order valence-corrected chi connectivity index (χ2v) is 4.56. The number of hydrogen-bond acceptors (Lipinski definition) is 1. The van der Waals surface area contributed by atoms with E-state index in [0.29, 0.717) is 28.3 Å². The molecule has 0 radical (unpaired) electrons. The summed E-state index contributed by atoms with van der Waals surface area (Å²) < 4.78 is 5.52. The van der Waals surface area contributed by atoms with Gasteiger partial charge in [0, 0.05) is 5.33 Å². The normalized spacial score (nSPS) is 12.6. The van der Waals surface area contributed by atoms with E-state index < -0.39 is 0 Å². The second-order valence-electron chi connectivity index (χ2n) is 3.12. The quantitative estimate of drug-likeness (QED) is 0.748. The molecule has 1 atom stereocenters. The van der Waals surface area contributed by atoms with Crippen molar-refractivity contribution < 1.29 is 4.74 Å². The molecule has 4 heteroatoms. The van der Waals surface area contributed by atoms with Crippen LogP contribution in [0.15, 0.2) is 18.2 Å². The minimum atomic E-state index is 0.449. The van der Waals surface area contributed by atoms with E-state index >= 15 is 0 Å². The molecule has 0 spiro atoms. The zero-order valence-corrected chi connectivity index (χ0v) is 10.9. The molecular weight excluding hydrogens is 287 g/mol. The SMILES string of the molecule is CC(CBr)COc1cccc(Cl)c1Cl. The molecule has 1 nitrogen and oxygen atoms in total. The highest BCUT2D eigenvalue weighted by Gasteiger charge is 2.06. The summed E-state index contributed by atoms with van der Waals surface area (Å²) in [6.07, 6.45) is 0. The molecule has 1 aromatic carbocycles. The molecule has 0 aliphatic heterocycles. The highest BCUT2D eigenvalue weighted by molar-refractivity contribution is 9.09. The second kappa shape index (κ2) is 5.84. The van der Waals surface area contributed by atoms with Crippen molar-refractivity contribution in [3.05, 3.63) is 28.2 Å². The molecule has 0 saturated carbocycles. The first-order valence-electron chi connectivity index (χ1n) is 4.28. The summed E-state index contributed by atoms with van der Waals surface area (Å²) in [4.78, 5) is 0. The monoisotopic (exact) mass is 296 g/mol. The Kier molecular flexibility index (Phi) is 5.07. The van der Waals surface area contributed by atoms with Gasteiger partial charge in [-0.1, -0.05) is 52.1 Å². The lowest BCUT2D eigenvalue weighted by Gasteiger charge is -2.11. The molecule has 14 heavy (non-hydrogen) atoms. The minimum Gasteiger partial charge on any atom is -0.492 e. The van der Waals surface area contributed by atoms with Gasteiger partial charge in [-0.15, -0.1) is 0 Å². The molecule has 0 amide bonds. The number of ether oxygens (including phenoxy) is 1. The molecule has 0 aromatic heterocycles. The van der Waals surface area contributed by atoms with Gasteiger partial charge in [-0.05, 0) is 18.1 Å². The van der Waals surface area contributed by atoms with Gasteiger partial charge in [-0.25, -0.2) is 0 Å². The molecule has 1 rings (SSSR count). The third-order valence-electron chi connectivity index (χ3n) is 1.70. The molecule has 0 aliphatic carbocycles. The van der Waals surface area contributed by atoms with Crippen molar-refractivity contribution in [2.24, 2.45) is 5.92 Å². The Morgan fingerprint density at radius 3 is 2.79 bits per heavy atom. The van der Waals surface area contributed by atoms with Crippen LogP contribution < -0.4 is 4.74 Å². The summed E-state index contributed by atoms with van der Waals surface area (Å²) in [5.41, 5.74) is 0. The Morgan fingerprint density at radius 1 is 1.43 bits per heavy atom. The molecule has 0 saturated heterocycles. The summed E-state index contributed by atoms with van der Waals surface area (Å²) in [6, 6.07) is 5.38. The fraction of sp³-hybridized carbons (Fsp3) is 0.400. The minimum absolute atomic E-state index is 0.449. The predicted octanol–water partition coefficient (Wildman–Crippen LogP) is 4.40. The predicted molar refractivity (Wildman–Crippen MR) is 64.9 cm³/mol. The lowest BCUT2D eigenvalue weighted by Crippen LogP contribution is -2.09. The van der Waals surface area contributed by atoms with Crippen molar-refractivity contribution >= 4 is 39.1 Å². The van der Waals surface area contributed by atoms with E-state index in [1.165, 1.54) is 0 Å². The van der Waals surface area contributed by atoms with E-state index in [9.17, 15) is 0 Å². The van der Waals surface area contributed by atoms with E-state index in [0.717, 1.165) is 5.33 Å². The average molecular weight is 298 g/mol. The van der Waals surface area contributed by atoms with Crippen LogP contribution >= 0.6 is 39.1 Å². The van der Waals surface area contributed by atoms with Crippen LogP contribution in [0.2, 0.25) is 10.0 Å². The van der Waals surface area contributed by atoms with Gasteiger partial charge in [0.1, 0.15) is 10.8 Å². The fourth-order valence-electron chi connectivity index (χ4n) is 0.872. The molecule has 0 aliphatic rings. The lowest BCUT2D eigenvalue weighted by molar-refractivity contribution is 0.274. The van der Waals surface area contributed by atoms with Gasteiger partial charge < -0.3 is 4.74 Å². The van der Waals surface area contributed by atoms with Crippen molar-refractivity contribution in [1.82, 2.24) is 0 Å². The zero-order chi connectivity index (χ0) is 10.6. The maximum atomic E-state index is 5.95. The molecule has 1 aromatic rings. The molecule has 0 bridgehead atoms. The maximum Gasteiger partial charge on any atom is 0.139 e. The van der Waals surface area contributed by atoms with Gasteiger partial charge in [0.25, 0.3) is 0 Å². The number of benzene rings is 1. The Labute approximate surface area is 102 Å². The van der Waals surface area contributed by atoms with E-state index in [4.69, 9.17) is 27.9 Å². The number of hydrogen-bond donors (Lipinski definition) is 0. The number of halogens is 3. The van der Waals surface area contributed by atoms with Crippen LogP contribution in [-0.4, -0.2) is 11.9 Å². The Balaban J connectivity index is 2.63. The van der Waals surface area contributed by atoms with Crippen LogP contribution in [-0.2, 0) is 0 Å². The van der Waals surface area contributed by atoms with Crippen LogP contribution in [0.3, 0.4) is 0 Å². The van der Waals surface area contributed by atoms with Gasteiger partial charge in [0.05, 0.1) is 11.6 Å². The summed E-state index contributed by atoms with van der Waals surface area (Å²) in [6.45, 7) is 2.72. The van der Waals surface area contributed by atoms with Crippen molar-refractivity contribution in [3.63, 3.8) is 0 Å². The third-order valence-corrected chi connectivity index (χ3v) is 3.61. The highest BCUT2D eigenvalue weighted by atomic mass is 79.9. The number of rotatable bonds is 4. The fourth-order valence-corrected chi connectivity index (χ4v) is 1.41. The first kappa shape index (κ1) is 12.2. The lowest BCUT2D eigenvalue weighted by atomic mass is 10.2. The van der Waals surface area contributed by atoms with Crippen LogP contribution in [0.4, 0.5) is 0 Å². The van der Waals surface area contributed by atoms with E-state index in [1.54, 1.807) is 6.07 Å². The number of alkyl halides is 1. The molecular formula is C10H11BrCl2O. The molecule has 1 unspecified atom stereocenters. The van der Waals surface area contributed by atoms with Crippen LogP contribution in [0.25, 0.3) is 0 Å². The third kappa shape index (κ3) is 3.34. The van der Waals surface area contributed by atoms with Crippen LogP contribution in [0.5, 0.6) is 5.75 Å². The summed E-state index contributed by atoms with van der Waals surface area (Å²) in [7, 11) is 0. The molecule has 0 N–H and O–H groups in total. The van der Waals surface area contributed by atoms with Crippen molar-refractivity contribution in [2.45, 2.75) is 6.92 Å². The average Bonchev–Trinajstić information content (AvgIpc) is 2.20. The Bertz CT molecular complexity index is 304. The standard InChI is InChI=1S/C10H11BrCl2O/c1-7(5-11)6-14-9-4-2-3-8(12)10(9)13/h2-4,7H,5-6H2,1H3. The summed E-state index contributed by atoms with van der Waals surface area (Å²) >= 11 is 15.2. The largest absolute Gasteiger partial charge is 0.492 e. The topological polar surface area (TPSA) is 9.23 Å². The van der Waals surface area contributed by atoms with E-state index in [-0.39, 0.29) is 0 Å². The van der Waals surface area contributed by atoms with Gasteiger partial charge in [-0.3, -0.25) is 0 Å². The smallest absolute Gasteiger partial charge is 0.139 e. The van der Waals surface area contributed by atoms with Crippen molar-refractivity contribution in [3.8, 4) is 5.75 Å². The molecule has 0 heterocycles. The van der Waals surface area contributed by atoms with E-state index in [1.807, 2.05) is 12.1 Å². The van der Waals surface area contributed by atoms with Gasteiger partial charge in [0.15, 0.2) is 0 Å². The first-order chi connectivity index (χ1) is 6.65. The Hall–Kier alpha value is 0.0800. The zero-order valence-electron chi connectivity index (χ0n) is 7.77. The van der Waals surface area contributed by atoms with Crippen LogP contribution in [0.1, 0.15) is 6.92 Å². The van der Waals surface area contributed by atoms with Crippen molar-refractivity contribution in [1.29, 1.82) is 0 Å². The van der Waals surface area contributed by atoms with Crippen LogP contribution in [0, 0.1) is 5.92 Å². The highest BCUT2D eigenvalue weighted by Crippen LogP contribution is 2.31. The Morgan fingerprint density at radius 2 is 2.14 bits per heavy atom. The van der Waals surface area contributed by atoms with Gasteiger partial charge in [0.2, 0.25) is 0 Å². The first-order valence-corrected chi connectivity index (χ1v) is 6.15. The molecule has 78 valence electrons. The van der Waals surface area contributed by atoms with Gasteiger partial charge >= 0.3 is 0 Å². The maximum absolute atomic E-state index is 5.95. The van der Waals surface area contributed by atoms with E-state index in [2.05, 4.69) is 22.9 Å². The van der Waals surface area contributed by atoms with Crippen molar-refractivity contribution in [2.75, 3.05) is 11.9 Å². The summed E-state index contributed by atoms with van der Waals surface area (Å²) in [5.74, 6) is 1.09. The molecule has 0 fully saturated rings. The van der Waals surface area contributed by atoms with Gasteiger partial charge in [-0.2, -0.15) is 0 Å². The summed E-state index contributed by atoms with van der Waals surface area (Å²) in [5, 5.41) is 1.91.